The van der Waals surface area contributed by atoms with E-state index in [4.69, 9.17) is 0 Å². The number of hydrogen-bond donors (Lipinski definition) is 1. The topological polar surface area (TPSA) is 15.3 Å². The first-order chi connectivity index (χ1) is 9.36. The number of hydrogen-bond acceptors (Lipinski definition) is 2. The summed E-state index contributed by atoms with van der Waals surface area (Å²) in [7, 11) is 2.08. The van der Waals surface area contributed by atoms with Crippen LogP contribution in [-0.2, 0) is 6.54 Å². The first kappa shape index (κ1) is 15.3. The van der Waals surface area contributed by atoms with Crippen molar-refractivity contribution in [3.63, 3.8) is 0 Å². The lowest BCUT2D eigenvalue weighted by atomic mass is 10.0. The predicted molar refractivity (Wildman–Crippen MR) is 88.6 cm³/mol. The van der Waals surface area contributed by atoms with E-state index in [2.05, 4.69) is 59.7 Å². The van der Waals surface area contributed by atoms with Crippen molar-refractivity contribution in [3.8, 4) is 0 Å². The van der Waals surface area contributed by atoms with Crippen molar-refractivity contribution in [1.82, 2.24) is 10.2 Å². The Bertz CT molecular complexity index is 550. The van der Waals surface area contributed by atoms with Crippen LogP contribution in [-0.4, -0.2) is 31.1 Å². The molecule has 0 aliphatic carbocycles. The Labute approximate surface area is 127 Å². The van der Waals surface area contributed by atoms with E-state index in [1.165, 1.54) is 42.3 Å². The molecule has 2 nitrogen and oxygen atoms in total. The minimum atomic E-state index is 0. The van der Waals surface area contributed by atoms with Gasteiger partial charge in [-0.25, -0.2) is 0 Å². The highest BCUT2D eigenvalue weighted by molar-refractivity contribution is 5.85. The molecule has 0 saturated carbocycles. The average molecular weight is 291 g/mol. The van der Waals surface area contributed by atoms with E-state index in [1.54, 1.807) is 0 Å². The van der Waals surface area contributed by atoms with E-state index < -0.39 is 0 Å². The summed E-state index contributed by atoms with van der Waals surface area (Å²) in [5.41, 5.74) is 1.45. The van der Waals surface area contributed by atoms with Crippen LogP contribution in [0.1, 0.15) is 18.4 Å². The summed E-state index contributed by atoms with van der Waals surface area (Å²) in [4.78, 5) is 2.58. The van der Waals surface area contributed by atoms with E-state index >= 15 is 0 Å². The molecule has 2 aromatic carbocycles. The van der Waals surface area contributed by atoms with Gasteiger partial charge in [0.2, 0.25) is 0 Å². The molecular formula is C17H23ClN2. The molecule has 1 N–H and O–H groups in total. The molecule has 1 aliphatic heterocycles. The number of likely N-dealkylation sites (N-methyl/N-ethyl adjacent to an activating group) is 1. The van der Waals surface area contributed by atoms with E-state index in [-0.39, 0.29) is 12.4 Å². The Morgan fingerprint density at radius 3 is 2.80 bits per heavy atom. The standard InChI is InChI=1S/C17H22N2.ClH/c1-18-16-9-5-11-19(13-16)12-15-8-4-7-14-6-2-3-10-17(14)15;/h2-4,6-8,10,16,18H,5,9,11-13H2,1H3;1H. The Balaban J connectivity index is 0.00000147. The summed E-state index contributed by atoms with van der Waals surface area (Å²) in [6.07, 6.45) is 2.61. The second-order valence-electron chi connectivity index (χ2n) is 5.50. The summed E-state index contributed by atoms with van der Waals surface area (Å²) < 4.78 is 0. The van der Waals surface area contributed by atoms with Crippen molar-refractivity contribution in [2.24, 2.45) is 0 Å². The van der Waals surface area contributed by atoms with Gasteiger partial charge in [0.1, 0.15) is 0 Å². The molecule has 1 unspecified atom stereocenters. The number of benzene rings is 2. The molecule has 1 fully saturated rings. The second kappa shape index (κ2) is 7.07. The molecule has 1 saturated heterocycles. The third kappa shape index (κ3) is 3.32. The molecule has 0 aromatic heterocycles. The minimum absolute atomic E-state index is 0. The van der Waals surface area contributed by atoms with Crippen molar-refractivity contribution >= 4 is 23.2 Å². The van der Waals surface area contributed by atoms with Gasteiger partial charge in [-0.05, 0) is 42.8 Å². The SMILES string of the molecule is CNC1CCCN(Cc2cccc3ccccc23)C1.Cl. The molecule has 0 spiro atoms. The van der Waals surface area contributed by atoms with Crippen molar-refractivity contribution in [1.29, 1.82) is 0 Å². The quantitative estimate of drug-likeness (QED) is 0.931. The van der Waals surface area contributed by atoms with Crippen LogP contribution in [0.5, 0.6) is 0 Å². The fourth-order valence-electron chi connectivity index (χ4n) is 3.11. The predicted octanol–water partition coefficient (Wildman–Crippen LogP) is 3.45. The van der Waals surface area contributed by atoms with Crippen LogP contribution < -0.4 is 5.32 Å². The number of likely N-dealkylation sites (tertiary alicyclic amines) is 1. The maximum Gasteiger partial charge on any atom is 0.0240 e. The maximum atomic E-state index is 3.42. The first-order valence-corrected chi connectivity index (χ1v) is 7.23. The zero-order chi connectivity index (χ0) is 13.1. The second-order valence-corrected chi connectivity index (χ2v) is 5.50. The molecule has 1 aliphatic rings. The van der Waals surface area contributed by atoms with Crippen LogP contribution in [0.4, 0.5) is 0 Å². The molecule has 1 heterocycles. The van der Waals surface area contributed by atoms with Crippen LogP contribution in [0.25, 0.3) is 10.8 Å². The van der Waals surface area contributed by atoms with Gasteiger partial charge in [-0.2, -0.15) is 0 Å². The van der Waals surface area contributed by atoms with Gasteiger partial charge < -0.3 is 5.32 Å². The molecule has 0 radical (unpaired) electrons. The summed E-state index contributed by atoms with van der Waals surface area (Å²) >= 11 is 0. The van der Waals surface area contributed by atoms with Crippen LogP contribution in [0.15, 0.2) is 42.5 Å². The lowest BCUT2D eigenvalue weighted by molar-refractivity contribution is 0.188. The monoisotopic (exact) mass is 290 g/mol. The van der Waals surface area contributed by atoms with Gasteiger partial charge >= 0.3 is 0 Å². The molecular weight excluding hydrogens is 268 g/mol. The molecule has 0 bridgehead atoms. The third-order valence-electron chi connectivity index (χ3n) is 4.19. The van der Waals surface area contributed by atoms with Gasteiger partial charge in [0.25, 0.3) is 0 Å². The summed E-state index contributed by atoms with van der Waals surface area (Å²) in [6.45, 7) is 3.46. The Morgan fingerprint density at radius 2 is 1.95 bits per heavy atom. The molecule has 108 valence electrons. The molecule has 3 heteroatoms. The highest BCUT2D eigenvalue weighted by Gasteiger charge is 2.18. The summed E-state index contributed by atoms with van der Waals surface area (Å²) in [6, 6.07) is 16.0. The van der Waals surface area contributed by atoms with Crippen LogP contribution in [0, 0.1) is 0 Å². The van der Waals surface area contributed by atoms with Gasteiger partial charge in [0.05, 0.1) is 0 Å². The fourth-order valence-corrected chi connectivity index (χ4v) is 3.11. The van der Waals surface area contributed by atoms with Gasteiger partial charge in [-0.3, -0.25) is 4.90 Å². The lowest BCUT2D eigenvalue weighted by Crippen LogP contribution is -2.43. The van der Waals surface area contributed by atoms with Crippen molar-refractivity contribution in [2.75, 3.05) is 20.1 Å². The highest BCUT2D eigenvalue weighted by atomic mass is 35.5. The van der Waals surface area contributed by atoms with E-state index in [9.17, 15) is 0 Å². The van der Waals surface area contributed by atoms with Crippen LogP contribution in [0.3, 0.4) is 0 Å². The largest absolute Gasteiger partial charge is 0.316 e. The highest BCUT2D eigenvalue weighted by Crippen LogP contribution is 2.21. The number of fused-ring (bicyclic) bond motifs is 1. The van der Waals surface area contributed by atoms with E-state index in [0.29, 0.717) is 6.04 Å². The normalized spacial score (nSPS) is 19.8. The van der Waals surface area contributed by atoms with E-state index in [1.807, 2.05) is 0 Å². The fraction of sp³-hybridized carbons (Fsp3) is 0.412. The van der Waals surface area contributed by atoms with Crippen LogP contribution >= 0.6 is 12.4 Å². The van der Waals surface area contributed by atoms with Crippen molar-refractivity contribution < 1.29 is 0 Å². The minimum Gasteiger partial charge on any atom is -0.316 e. The number of piperidine rings is 1. The number of rotatable bonds is 3. The Hall–Kier alpha value is -1.09. The smallest absolute Gasteiger partial charge is 0.0240 e. The van der Waals surface area contributed by atoms with Crippen molar-refractivity contribution in [2.45, 2.75) is 25.4 Å². The molecule has 0 amide bonds. The first-order valence-electron chi connectivity index (χ1n) is 7.23. The third-order valence-corrected chi connectivity index (χ3v) is 4.19. The molecule has 3 rings (SSSR count). The average Bonchev–Trinajstić information content (AvgIpc) is 2.48. The maximum absolute atomic E-state index is 3.42. The Kier molecular flexibility index (Phi) is 5.41. The zero-order valence-electron chi connectivity index (χ0n) is 12.0. The lowest BCUT2D eigenvalue weighted by Gasteiger charge is -2.32. The van der Waals surface area contributed by atoms with Gasteiger partial charge in [-0.1, -0.05) is 42.5 Å². The summed E-state index contributed by atoms with van der Waals surface area (Å²) in [5.74, 6) is 0. The van der Waals surface area contributed by atoms with Crippen molar-refractivity contribution in [3.05, 3.63) is 48.0 Å². The van der Waals surface area contributed by atoms with Gasteiger partial charge in [0.15, 0.2) is 0 Å². The number of halogens is 1. The van der Waals surface area contributed by atoms with Gasteiger partial charge in [0, 0.05) is 19.1 Å². The summed E-state index contributed by atoms with van der Waals surface area (Å²) in [5, 5.41) is 6.16. The molecule has 20 heavy (non-hydrogen) atoms. The number of nitrogens with one attached hydrogen (secondary N) is 1. The molecule has 1 atom stereocenters. The van der Waals surface area contributed by atoms with Gasteiger partial charge in [-0.15, -0.1) is 12.4 Å². The van der Waals surface area contributed by atoms with E-state index in [0.717, 1.165) is 6.54 Å². The Morgan fingerprint density at radius 1 is 1.15 bits per heavy atom. The number of nitrogens with zero attached hydrogens (tertiary/aromatic N) is 1. The zero-order valence-corrected chi connectivity index (χ0v) is 12.8. The molecule has 2 aromatic rings. The van der Waals surface area contributed by atoms with Crippen LogP contribution in [0.2, 0.25) is 0 Å².